The molecule has 0 saturated carbocycles. The number of hydrazine groups is 2. The first-order chi connectivity index (χ1) is 5.37. The van der Waals surface area contributed by atoms with Gasteiger partial charge in [-0.05, 0) is 27.7 Å². The Morgan fingerprint density at radius 3 is 1.42 bits per heavy atom. The SMILES string of the molecule is CC(C)N(N)C(=O)N(N)C(C)C. The van der Waals surface area contributed by atoms with Crippen LogP contribution in [0.15, 0.2) is 0 Å². The van der Waals surface area contributed by atoms with Crippen molar-refractivity contribution in [3.63, 3.8) is 0 Å². The third-order valence-corrected chi connectivity index (χ3v) is 1.55. The van der Waals surface area contributed by atoms with E-state index in [-0.39, 0.29) is 18.1 Å². The van der Waals surface area contributed by atoms with Gasteiger partial charge in [-0.3, -0.25) is 10.0 Å². The van der Waals surface area contributed by atoms with Gasteiger partial charge in [0.05, 0.1) is 0 Å². The maximum absolute atomic E-state index is 11.3. The fourth-order valence-electron chi connectivity index (χ4n) is 0.575. The molecule has 0 aliphatic heterocycles. The van der Waals surface area contributed by atoms with Gasteiger partial charge in [0, 0.05) is 12.1 Å². The van der Waals surface area contributed by atoms with Crippen LogP contribution in [0.4, 0.5) is 4.79 Å². The summed E-state index contributed by atoms with van der Waals surface area (Å²) in [5.74, 6) is 10.9. The fourth-order valence-corrected chi connectivity index (χ4v) is 0.575. The summed E-state index contributed by atoms with van der Waals surface area (Å²) < 4.78 is 0. The topological polar surface area (TPSA) is 75.6 Å². The number of nitrogens with zero attached hydrogens (tertiary/aromatic N) is 2. The van der Waals surface area contributed by atoms with Crippen molar-refractivity contribution in [3.8, 4) is 0 Å². The van der Waals surface area contributed by atoms with Crippen LogP contribution in [0.3, 0.4) is 0 Å². The number of urea groups is 1. The quantitative estimate of drug-likeness (QED) is 0.358. The maximum atomic E-state index is 11.3. The second-order valence-electron chi connectivity index (χ2n) is 3.28. The van der Waals surface area contributed by atoms with Crippen molar-refractivity contribution >= 4 is 6.03 Å². The van der Waals surface area contributed by atoms with Crippen molar-refractivity contribution in [2.24, 2.45) is 11.7 Å². The molecule has 4 N–H and O–H groups in total. The number of carbonyl (C=O) groups is 1. The van der Waals surface area contributed by atoms with E-state index in [0.29, 0.717) is 0 Å². The van der Waals surface area contributed by atoms with Crippen LogP contribution in [0.25, 0.3) is 0 Å². The maximum Gasteiger partial charge on any atom is 0.348 e. The Hall–Kier alpha value is -0.810. The summed E-state index contributed by atoms with van der Waals surface area (Å²) in [5, 5.41) is 2.22. The van der Waals surface area contributed by atoms with Crippen molar-refractivity contribution in [2.75, 3.05) is 0 Å². The van der Waals surface area contributed by atoms with Crippen LogP contribution < -0.4 is 11.7 Å². The van der Waals surface area contributed by atoms with Gasteiger partial charge in [0.15, 0.2) is 0 Å². The second kappa shape index (κ2) is 4.27. The Morgan fingerprint density at radius 2 is 1.25 bits per heavy atom. The van der Waals surface area contributed by atoms with E-state index < -0.39 is 0 Å². The van der Waals surface area contributed by atoms with Crippen LogP contribution in [0.2, 0.25) is 0 Å². The highest BCUT2D eigenvalue weighted by molar-refractivity contribution is 5.73. The van der Waals surface area contributed by atoms with Crippen molar-refractivity contribution in [1.82, 2.24) is 10.0 Å². The van der Waals surface area contributed by atoms with Crippen LogP contribution >= 0.6 is 0 Å². The van der Waals surface area contributed by atoms with Crippen molar-refractivity contribution in [3.05, 3.63) is 0 Å². The van der Waals surface area contributed by atoms with Gasteiger partial charge in [0.2, 0.25) is 0 Å². The molecule has 5 heteroatoms. The van der Waals surface area contributed by atoms with Crippen LogP contribution in [-0.4, -0.2) is 28.1 Å². The third kappa shape index (κ3) is 2.67. The smallest absolute Gasteiger partial charge is 0.259 e. The minimum Gasteiger partial charge on any atom is -0.259 e. The fraction of sp³-hybridized carbons (Fsp3) is 0.857. The largest absolute Gasteiger partial charge is 0.348 e. The molecular weight excluding hydrogens is 156 g/mol. The van der Waals surface area contributed by atoms with E-state index in [2.05, 4.69) is 0 Å². The normalized spacial score (nSPS) is 10.7. The van der Waals surface area contributed by atoms with Crippen molar-refractivity contribution in [2.45, 2.75) is 39.8 Å². The van der Waals surface area contributed by atoms with Gasteiger partial charge in [-0.15, -0.1) is 0 Å². The van der Waals surface area contributed by atoms with E-state index >= 15 is 0 Å². The zero-order valence-electron chi connectivity index (χ0n) is 8.11. The predicted octanol–water partition coefficient (Wildman–Crippen LogP) is 0.275. The zero-order valence-corrected chi connectivity index (χ0v) is 8.11. The minimum atomic E-state index is -0.361. The number of nitrogens with two attached hydrogens (primary N) is 2. The third-order valence-electron chi connectivity index (χ3n) is 1.55. The molecule has 2 amide bonds. The number of carbonyl (C=O) groups excluding carboxylic acids is 1. The molecule has 0 heterocycles. The summed E-state index contributed by atoms with van der Waals surface area (Å²) in [6.07, 6.45) is 0. The van der Waals surface area contributed by atoms with E-state index in [0.717, 1.165) is 10.0 Å². The lowest BCUT2D eigenvalue weighted by Gasteiger charge is -2.28. The monoisotopic (exact) mass is 174 g/mol. The van der Waals surface area contributed by atoms with Gasteiger partial charge in [0.1, 0.15) is 0 Å². The lowest BCUT2D eigenvalue weighted by Crippen LogP contribution is -2.55. The first-order valence-corrected chi connectivity index (χ1v) is 3.99. The minimum absolute atomic E-state index is 0.0395. The number of amides is 2. The highest BCUT2D eigenvalue weighted by Gasteiger charge is 2.19. The average Bonchev–Trinajstić information content (AvgIpc) is 2.00. The zero-order chi connectivity index (χ0) is 9.89. The summed E-state index contributed by atoms with van der Waals surface area (Å²) in [4.78, 5) is 11.3. The molecule has 0 spiro atoms. The van der Waals surface area contributed by atoms with Crippen LogP contribution in [0, 0.1) is 0 Å². The molecule has 0 fully saturated rings. The molecule has 0 saturated heterocycles. The Balaban J connectivity index is 4.19. The molecule has 0 aromatic heterocycles. The van der Waals surface area contributed by atoms with Crippen LogP contribution in [-0.2, 0) is 0 Å². The first kappa shape index (κ1) is 11.2. The number of hydrogen-bond acceptors (Lipinski definition) is 3. The van der Waals surface area contributed by atoms with E-state index in [1.54, 1.807) is 0 Å². The van der Waals surface area contributed by atoms with Gasteiger partial charge in [0.25, 0.3) is 0 Å². The van der Waals surface area contributed by atoms with Gasteiger partial charge in [-0.25, -0.2) is 16.5 Å². The Morgan fingerprint density at radius 1 is 1.00 bits per heavy atom. The van der Waals surface area contributed by atoms with E-state index in [1.165, 1.54) is 0 Å². The number of hydrogen-bond donors (Lipinski definition) is 2. The van der Waals surface area contributed by atoms with Gasteiger partial charge < -0.3 is 0 Å². The molecule has 0 rings (SSSR count). The molecule has 0 aromatic rings. The molecule has 0 unspecified atom stereocenters. The molecule has 72 valence electrons. The lowest BCUT2D eigenvalue weighted by atomic mass is 10.3. The Labute approximate surface area is 73.2 Å². The van der Waals surface area contributed by atoms with E-state index in [1.807, 2.05) is 27.7 Å². The molecular formula is C7H18N4O. The summed E-state index contributed by atoms with van der Waals surface area (Å²) >= 11 is 0. The van der Waals surface area contributed by atoms with Gasteiger partial charge in [-0.1, -0.05) is 0 Å². The van der Waals surface area contributed by atoms with E-state index in [4.69, 9.17) is 11.7 Å². The van der Waals surface area contributed by atoms with Gasteiger partial charge in [-0.2, -0.15) is 0 Å². The summed E-state index contributed by atoms with van der Waals surface area (Å²) in [7, 11) is 0. The Kier molecular flexibility index (Phi) is 3.99. The van der Waals surface area contributed by atoms with E-state index in [9.17, 15) is 4.79 Å². The summed E-state index contributed by atoms with van der Waals surface area (Å²) in [6, 6.07) is -0.440. The highest BCUT2D eigenvalue weighted by atomic mass is 16.2. The van der Waals surface area contributed by atoms with Crippen LogP contribution in [0.5, 0.6) is 0 Å². The molecule has 0 aliphatic carbocycles. The highest BCUT2D eigenvalue weighted by Crippen LogP contribution is 1.98. The molecule has 0 radical (unpaired) electrons. The molecule has 0 aromatic carbocycles. The molecule has 0 atom stereocenters. The second-order valence-corrected chi connectivity index (χ2v) is 3.28. The summed E-state index contributed by atoms with van der Waals surface area (Å²) in [5.41, 5.74) is 0. The van der Waals surface area contributed by atoms with Gasteiger partial charge >= 0.3 is 6.03 Å². The number of rotatable bonds is 2. The lowest BCUT2D eigenvalue weighted by molar-refractivity contribution is 0.129. The first-order valence-electron chi connectivity index (χ1n) is 3.99. The molecule has 12 heavy (non-hydrogen) atoms. The Bertz CT molecular complexity index is 141. The molecule has 0 aliphatic rings. The van der Waals surface area contributed by atoms with Crippen molar-refractivity contribution < 1.29 is 4.79 Å². The average molecular weight is 174 g/mol. The standard InChI is InChI=1S/C7H18N4O/c1-5(2)10(8)7(12)11(9)6(3)4/h5-6H,8-9H2,1-4H3. The summed E-state index contributed by atoms with van der Waals surface area (Å²) in [6.45, 7) is 7.30. The van der Waals surface area contributed by atoms with Crippen LogP contribution in [0.1, 0.15) is 27.7 Å². The molecule has 5 nitrogen and oxygen atoms in total. The molecule has 0 bridgehead atoms. The predicted molar refractivity (Wildman–Crippen MR) is 47.7 cm³/mol. The van der Waals surface area contributed by atoms with Crippen molar-refractivity contribution in [1.29, 1.82) is 0 Å².